The lowest BCUT2D eigenvalue weighted by atomic mass is 9.97. The predicted molar refractivity (Wildman–Crippen MR) is 75.4 cm³/mol. The molecule has 0 saturated heterocycles. The number of hydrogen-bond acceptors (Lipinski definition) is 3. The molecule has 0 spiro atoms. The number of para-hydroxylation sites is 1. The fourth-order valence-corrected chi connectivity index (χ4v) is 2.64. The van der Waals surface area contributed by atoms with E-state index in [0.29, 0.717) is 0 Å². The minimum Gasteiger partial charge on any atom is -0.493 e. The molecule has 1 atom stereocenters. The van der Waals surface area contributed by atoms with E-state index in [1.54, 1.807) is 0 Å². The van der Waals surface area contributed by atoms with Crippen molar-refractivity contribution >= 4 is 0 Å². The molecule has 98 valence electrons. The summed E-state index contributed by atoms with van der Waals surface area (Å²) < 4.78 is 5.80. The van der Waals surface area contributed by atoms with Gasteiger partial charge >= 0.3 is 0 Å². The van der Waals surface area contributed by atoms with Gasteiger partial charge in [0.25, 0.3) is 0 Å². The van der Waals surface area contributed by atoms with Gasteiger partial charge in [0.05, 0.1) is 6.61 Å². The highest BCUT2D eigenvalue weighted by atomic mass is 16.5. The standard InChI is InChI=1S/C16H18N2O/c1-17-15(11-12-5-8-18-9-6-12)14-4-2-3-13-7-10-19-16(13)14/h2-6,8-9,15,17H,7,10-11H2,1H3. The lowest BCUT2D eigenvalue weighted by Crippen LogP contribution is -2.19. The molecule has 0 bridgehead atoms. The van der Waals surface area contributed by atoms with Crippen LogP contribution in [0.4, 0.5) is 0 Å². The molecule has 0 fully saturated rings. The molecule has 1 N–H and O–H groups in total. The minimum atomic E-state index is 0.274. The summed E-state index contributed by atoms with van der Waals surface area (Å²) in [6, 6.07) is 10.8. The van der Waals surface area contributed by atoms with E-state index in [2.05, 4.69) is 40.6 Å². The van der Waals surface area contributed by atoms with Crippen molar-refractivity contribution in [2.24, 2.45) is 0 Å². The zero-order valence-electron chi connectivity index (χ0n) is 11.1. The second-order valence-electron chi connectivity index (χ2n) is 4.83. The van der Waals surface area contributed by atoms with Crippen molar-refractivity contribution in [1.82, 2.24) is 10.3 Å². The zero-order valence-corrected chi connectivity index (χ0v) is 11.1. The molecule has 2 aromatic rings. The lowest BCUT2D eigenvalue weighted by Gasteiger charge is -2.19. The first-order chi connectivity index (χ1) is 9.38. The van der Waals surface area contributed by atoms with E-state index in [4.69, 9.17) is 4.74 Å². The van der Waals surface area contributed by atoms with Crippen molar-refractivity contribution in [3.05, 3.63) is 59.4 Å². The summed E-state index contributed by atoms with van der Waals surface area (Å²) in [6.07, 6.45) is 5.65. The highest BCUT2D eigenvalue weighted by Gasteiger charge is 2.21. The van der Waals surface area contributed by atoms with E-state index in [-0.39, 0.29) is 6.04 Å². The van der Waals surface area contributed by atoms with Crippen molar-refractivity contribution < 1.29 is 4.74 Å². The van der Waals surface area contributed by atoms with Gasteiger partial charge in [0.2, 0.25) is 0 Å². The van der Waals surface area contributed by atoms with Crippen LogP contribution in [0.5, 0.6) is 5.75 Å². The van der Waals surface area contributed by atoms with Gasteiger partial charge in [0, 0.05) is 30.4 Å². The quantitative estimate of drug-likeness (QED) is 0.910. The number of ether oxygens (including phenoxy) is 1. The highest BCUT2D eigenvalue weighted by Crippen LogP contribution is 2.34. The van der Waals surface area contributed by atoms with E-state index in [1.165, 1.54) is 16.7 Å². The summed E-state index contributed by atoms with van der Waals surface area (Å²) in [5.74, 6) is 1.08. The van der Waals surface area contributed by atoms with Crippen LogP contribution in [-0.2, 0) is 12.8 Å². The number of pyridine rings is 1. The third-order valence-corrected chi connectivity index (χ3v) is 3.66. The largest absolute Gasteiger partial charge is 0.493 e. The van der Waals surface area contributed by atoms with Crippen LogP contribution in [0.3, 0.4) is 0 Å². The summed E-state index contributed by atoms with van der Waals surface area (Å²) in [6.45, 7) is 0.804. The fraction of sp³-hybridized carbons (Fsp3) is 0.312. The summed E-state index contributed by atoms with van der Waals surface area (Å²) in [7, 11) is 2.00. The molecule has 0 saturated carbocycles. The molecule has 3 rings (SSSR count). The van der Waals surface area contributed by atoms with Crippen LogP contribution >= 0.6 is 0 Å². The smallest absolute Gasteiger partial charge is 0.127 e. The van der Waals surface area contributed by atoms with Crippen LogP contribution in [0.1, 0.15) is 22.7 Å². The number of likely N-dealkylation sites (N-methyl/N-ethyl adjacent to an activating group) is 1. The Morgan fingerprint density at radius 3 is 2.89 bits per heavy atom. The monoisotopic (exact) mass is 254 g/mol. The Hall–Kier alpha value is -1.87. The van der Waals surface area contributed by atoms with Gasteiger partial charge in [-0.15, -0.1) is 0 Å². The van der Waals surface area contributed by atoms with Gasteiger partial charge in [0.1, 0.15) is 5.75 Å². The number of nitrogens with zero attached hydrogens (tertiary/aromatic N) is 1. The summed E-state index contributed by atoms with van der Waals surface area (Å²) in [4.78, 5) is 4.06. The second-order valence-corrected chi connectivity index (χ2v) is 4.83. The third-order valence-electron chi connectivity index (χ3n) is 3.66. The van der Waals surface area contributed by atoms with Crippen molar-refractivity contribution in [3.8, 4) is 5.75 Å². The molecule has 1 aromatic heterocycles. The van der Waals surface area contributed by atoms with Crippen molar-refractivity contribution in [2.45, 2.75) is 18.9 Å². The van der Waals surface area contributed by atoms with Gasteiger partial charge in [-0.1, -0.05) is 18.2 Å². The van der Waals surface area contributed by atoms with Gasteiger partial charge in [-0.05, 0) is 36.7 Å². The molecule has 19 heavy (non-hydrogen) atoms. The number of benzene rings is 1. The van der Waals surface area contributed by atoms with Gasteiger partial charge in [-0.3, -0.25) is 4.98 Å². The topological polar surface area (TPSA) is 34.2 Å². The van der Waals surface area contributed by atoms with Gasteiger partial charge < -0.3 is 10.1 Å². The van der Waals surface area contributed by atoms with E-state index in [9.17, 15) is 0 Å². The summed E-state index contributed by atoms with van der Waals surface area (Å²) in [5.41, 5.74) is 3.87. The molecule has 1 aliphatic rings. The zero-order chi connectivity index (χ0) is 13.1. The van der Waals surface area contributed by atoms with Crippen LogP contribution in [0.15, 0.2) is 42.7 Å². The maximum atomic E-state index is 5.80. The molecule has 0 radical (unpaired) electrons. The van der Waals surface area contributed by atoms with Crippen LogP contribution < -0.4 is 10.1 Å². The molecule has 1 aromatic carbocycles. The average Bonchev–Trinajstić information content (AvgIpc) is 2.94. The number of hydrogen-bond donors (Lipinski definition) is 1. The van der Waals surface area contributed by atoms with Gasteiger partial charge in [0.15, 0.2) is 0 Å². The molecule has 0 amide bonds. The third kappa shape index (κ3) is 2.47. The SMILES string of the molecule is CNC(Cc1ccncc1)c1cccc2c1OCC2. The average molecular weight is 254 g/mol. The first-order valence-corrected chi connectivity index (χ1v) is 6.69. The van der Waals surface area contributed by atoms with Crippen molar-refractivity contribution in [3.63, 3.8) is 0 Å². The predicted octanol–water partition coefficient (Wildman–Crippen LogP) is 2.52. The Bertz CT molecular complexity index is 554. The van der Waals surface area contributed by atoms with E-state index in [1.807, 2.05) is 19.4 Å². The molecule has 0 aliphatic carbocycles. The van der Waals surface area contributed by atoms with E-state index in [0.717, 1.165) is 25.2 Å². The molecular formula is C16H18N2O. The van der Waals surface area contributed by atoms with Crippen LogP contribution in [0.25, 0.3) is 0 Å². The van der Waals surface area contributed by atoms with Crippen LogP contribution in [-0.4, -0.2) is 18.6 Å². The Morgan fingerprint density at radius 2 is 2.11 bits per heavy atom. The van der Waals surface area contributed by atoms with E-state index >= 15 is 0 Å². The van der Waals surface area contributed by atoms with Crippen molar-refractivity contribution in [1.29, 1.82) is 0 Å². The van der Waals surface area contributed by atoms with Gasteiger partial charge in [-0.25, -0.2) is 0 Å². The first kappa shape index (κ1) is 12.2. The summed E-state index contributed by atoms with van der Waals surface area (Å²) in [5, 5.41) is 3.40. The van der Waals surface area contributed by atoms with Crippen molar-refractivity contribution in [2.75, 3.05) is 13.7 Å². The van der Waals surface area contributed by atoms with Crippen LogP contribution in [0, 0.1) is 0 Å². The molecule has 3 nitrogen and oxygen atoms in total. The number of nitrogens with one attached hydrogen (secondary N) is 1. The molecule has 2 heterocycles. The number of rotatable bonds is 4. The number of aromatic nitrogens is 1. The molecule has 1 aliphatic heterocycles. The molecule has 1 unspecified atom stereocenters. The first-order valence-electron chi connectivity index (χ1n) is 6.69. The Balaban J connectivity index is 1.89. The maximum absolute atomic E-state index is 5.80. The number of fused-ring (bicyclic) bond motifs is 1. The summed E-state index contributed by atoms with van der Waals surface area (Å²) >= 11 is 0. The fourth-order valence-electron chi connectivity index (χ4n) is 2.64. The second kappa shape index (κ2) is 5.41. The highest BCUT2D eigenvalue weighted by molar-refractivity contribution is 5.46. The Morgan fingerprint density at radius 1 is 1.26 bits per heavy atom. The normalized spacial score (nSPS) is 14.8. The Kier molecular flexibility index (Phi) is 3.47. The van der Waals surface area contributed by atoms with Crippen LogP contribution in [0.2, 0.25) is 0 Å². The lowest BCUT2D eigenvalue weighted by molar-refractivity contribution is 0.349. The minimum absolute atomic E-state index is 0.274. The molecular weight excluding hydrogens is 236 g/mol. The maximum Gasteiger partial charge on any atom is 0.127 e. The van der Waals surface area contributed by atoms with E-state index < -0.39 is 0 Å². The van der Waals surface area contributed by atoms with Gasteiger partial charge in [-0.2, -0.15) is 0 Å². The Labute approximate surface area is 113 Å². The molecule has 3 heteroatoms.